The van der Waals surface area contributed by atoms with Crippen molar-refractivity contribution >= 4 is 11.6 Å². The minimum Gasteiger partial charge on any atom is -0.361 e. The smallest absolute Gasteiger partial charge is 0.242 e. The largest absolute Gasteiger partial charge is 0.361 e. The summed E-state index contributed by atoms with van der Waals surface area (Å²) in [5.41, 5.74) is 3.26. The lowest BCUT2D eigenvalue weighted by Crippen LogP contribution is -2.42. The highest BCUT2D eigenvalue weighted by Crippen LogP contribution is 2.21. The van der Waals surface area contributed by atoms with Crippen molar-refractivity contribution in [3.63, 3.8) is 0 Å². The third kappa shape index (κ3) is 3.96. The van der Waals surface area contributed by atoms with Crippen LogP contribution in [0.4, 0.5) is 5.69 Å². The van der Waals surface area contributed by atoms with Crippen molar-refractivity contribution in [2.24, 2.45) is 0 Å². The molecule has 1 amide bonds. The molecule has 0 saturated carbocycles. The molecule has 1 aromatic heterocycles. The first kappa shape index (κ1) is 16.6. The highest BCUT2D eigenvalue weighted by molar-refractivity contribution is 5.81. The number of piperidine rings is 1. The van der Waals surface area contributed by atoms with Gasteiger partial charge in [0.1, 0.15) is 5.76 Å². The van der Waals surface area contributed by atoms with Gasteiger partial charge in [0.2, 0.25) is 5.91 Å². The third-order valence-corrected chi connectivity index (χ3v) is 4.61. The zero-order valence-corrected chi connectivity index (χ0v) is 14.5. The van der Waals surface area contributed by atoms with Crippen molar-refractivity contribution in [2.45, 2.75) is 39.7 Å². The van der Waals surface area contributed by atoms with Crippen LogP contribution in [0.3, 0.4) is 0 Å². The quantitative estimate of drug-likeness (QED) is 0.845. The standard InChI is InChI=1S/C19H25N3O2/c1-15-7-6-8-18(11-15)22(13-17-12-20-24-16(17)2)14-19(23)21-9-4-3-5-10-21/h6-8,11-12H,3-5,9-10,13-14H2,1-2H3. The molecule has 0 radical (unpaired) electrons. The molecule has 2 heterocycles. The van der Waals surface area contributed by atoms with E-state index in [-0.39, 0.29) is 5.91 Å². The molecule has 0 atom stereocenters. The molecule has 0 spiro atoms. The highest BCUT2D eigenvalue weighted by Gasteiger charge is 2.21. The van der Waals surface area contributed by atoms with Gasteiger partial charge >= 0.3 is 0 Å². The van der Waals surface area contributed by atoms with Gasteiger partial charge in [0.05, 0.1) is 12.7 Å². The van der Waals surface area contributed by atoms with Gasteiger partial charge in [0, 0.05) is 30.9 Å². The fourth-order valence-electron chi connectivity index (χ4n) is 3.15. The molecule has 0 aliphatic carbocycles. The molecule has 5 heteroatoms. The SMILES string of the molecule is Cc1cccc(N(CC(=O)N2CCCCC2)Cc2cnoc2C)c1. The summed E-state index contributed by atoms with van der Waals surface area (Å²) in [7, 11) is 0. The summed E-state index contributed by atoms with van der Waals surface area (Å²) in [6.07, 6.45) is 5.19. The Morgan fingerprint density at radius 1 is 1.25 bits per heavy atom. The van der Waals surface area contributed by atoms with Crippen molar-refractivity contribution in [1.82, 2.24) is 10.1 Å². The Kier molecular flexibility index (Phi) is 5.18. The second-order valence-corrected chi connectivity index (χ2v) is 6.54. The Bertz CT molecular complexity index is 689. The van der Waals surface area contributed by atoms with E-state index in [0.717, 1.165) is 42.9 Å². The topological polar surface area (TPSA) is 49.6 Å². The Labute approximate surface area is 143 Å². The number of aromatic nitrogens is 1. The Balaban J connectivity index is 1.78. The zero-order chi connectivity index (χ0) is 16.9. The molecule has 0 N–H and O–H groups in total. The minimum absolute atomic E-state index is 0.199. The van der Waals surface area contributed by atoms with Crippen LogP contribution in [0, 0.1) is 13.8 Å². The maximum absolute atomic E-state index is 12.7. The first-order valence-corrected chi connectivity index (χ1v) is 8.63. The van der Waals surface area contributed by atoms with Gasteiger partial charge in [0.25, 0.3) is 0 Å². The van der Waals surface area contributed by atoms with Gasteiger partial charge in [-0.1, -0.05) is 17.3 Å². The maximum atomic E-state index is 12.7. The van der Waals surface area contributed by atoms with Crippen LogP contribution in [0.25, 0.3) is 0 Å². The van der Waals surface area contributed by atoms with Crippen molar-refractivity contribution in [1.29, 1.82) is 0 Å². The summed E-state index contributed by atoms with van der Waals surface area (Å²) in [4.78, 5) is 16.8. The molecule has 1 saturated heterocycles. The molecule has 128 valence electrons. The van der Waals surface area contributed by atoms with Gasteiger partial charge < -0.3 is 14.3 Å². The number of nitrogens with zero attached hydrogens (tertiary/aromatic N) is 3. The molecule has 1 fully saturated rings. The van der Waals surface area contributed by atoms with Gasteiger partial charge in [-0.15, -0.1) is 0 Å². The van der Waals surface area contributed by atoms with E-state index in [2.05, 4.69) is 35.2 Å². The second-order valence-electron chi connectivity index (χ2n) is 6.54. The molecule has 2 aromatic rings. The molecule has 0 bridgehead atoms. The molecule has 1 aromatic carbocycles. The second kappa shape index (κ2) is 7.51. The number of carbonyl (C=O) groups excluding carboxylic acids is 1. The van der Waals surface area contributed by atoms with Crippen LogP contribution in [0.15, 0.2) is 35.0 Å². The van der Waals surface area contributed by atoms with Crippen LogP contribution >= 0.6 is 0 Å². The average Bonchev–Trinajstić information content (AvgIpc) is 3.00. The molecular weight excluding hydrogens is 302 g/mol. The van der Waals surface area contributed by atoms with Crippen LogP contribution in [0.2, 0.25) is 0 Å². The summed E-state index contributed by atoms with van der Waals surface area (Å²) in [5.74, 6) is 1.00. The lowest BCUT2D eigenvalue weighted by atomic mass is 10.1. The number of hydrogen-bond acceptors (Lipinski definition) is 4. The van der Waals surface area contributed by atoms with E-state index in [1.165, 1.54) is 12.0 Å². The normalized spacial score (nSPS) is 14.7. The highest BCUT2D eigenvalue weighted by atomic mass is 16.5. The Morgan fingerprint density at radius 3 is 2.71 bits per heavy atom. The summed E-state index contributed by atoms with van der Waals surface area (Å²) < 4.78 is 5.17. The number of carbonyl (C=O) groups is 1. The summed E-state index contributed by atoms with van der Waals surface area (Å²) in [6.45, 7) is 6.74. The van der Waals surface area contributed by atoms with Crippen molar-refractivity contribution in [2.75, 3.05) is 24.5 Å². The van der Waals surface area contributed by atoms with Gasteiger partial charge in [0.15, 0.2) is 0 Å². The molecule has 24 heavy (non-hydrogen) atoms. The monoisotopic (exact) mass is 327 g/mol. The molecule has 1 aliphatic rings. The summed E-state index contributed by atoms with van der Waals surface area (Å²) in [6, 6.07) is 8.27. The number of likely N-dealkylation sites (tertiary alicyclic amines) is 1. The minimum atomic E-state index is 0.199. The van der Waals surface area contributed by atoms with Crippen molar-refractivity contribution < 1.29 is 9.32 Å². The first-order valence-electron chi connectivity index (χ1n) is 8.63. The van der Waals surface area contributed by atoms with E-state index in [1.807, 2.05) is 17.9 Å². The van der Waals surface area contributed by atoms with Gasteiger partial charge in [-0.05, 0) is 50.8 Å². The van der Waals surface area contributed by atoms with Gasteiger partial charge in [-0.3, -0.25) is 4.79 Å². The van der Waals surface area contributed by atoms with E-state index >= 15 is 0 Å². The molecular formula is C19H25N3O2. The van der Waals surface area contributed by atoms with Crippen LogP contribution < -0.4 is 4.90 Å². The van der Waals surface area contributed by atoms with Crippen molar-refractivity contribution in [3.8, 4) is 0 Å². The van der Waals surface area contributed by atoms with Crippen LogP contribution in [-0.2, 0) is 11.3 Å². The molecule has 0 unspecified atom stereocenters. The van der Waals surface area contributed by atoms with E-state index in [4.69, 9.17) is 4.52 Å². The number of amides is 1. The number of rotatable bonds is 5. The summed E-state index contributed by atoms with van der Waals surface area (Å²) in [5, 5.41) is 3.86. The predicted octanol–water partition coefficient (Wildman–Crippen LogP) is 3.31. The fraction of sp³-hybridized carbons (Fsp3) is 0.474. The summed E-state index contributed by atoms with van der Waals surface area (Å²) >= 11 is 0. The number of aryl methyl sites for hydroxylation is 2. The molecule has 3 rings (SSSR count). The molecule has 1 aliphatic heterocycles. The lowest BCUT2D eigenvalue weighted by Gasteiger charge is -2.31. The third-order valence-electron chi connectivity index (χ3n) is 4.61. The van der Waals surface area contributed by atoms with Crippen molar-refractivity contribution in [3.05, 3.63) is 47.3 Å². The fourth-order valence-corrected chi connectivity index (χ4v) is 3.15. The Morgan fingerprint density at radius 2 is 2.04 bits per heavy atom. The average molecular weight is 327 g/mol. The predicted molar refractivity (Wildman–Crippen MR) is 93.9 cm³/mol. The Hall–Kier alpha value is -2.30. The van der Waals surface area contributed by atoms with Crippen LogP contribution in [0.5, 0.6) is 0 Å². The number of anilines is 1. The van der Waals surface area contributed by atoms with E-state index in [1.54, 1.807) is 6.20 Å². The molecule has 5 nitrogen and oxygen atoms in total. The first-order chi connectivity index (χ1) is 11.6. The van der Waals surface area contributed by atoms with E-state index < -0.39 is 0 Å². The lowest BCUT2D eigenvalue weighted by molar-refractivity contribution is -0.130. The number of benzene rings is 1. The van der Waals surface area contributed by atoms with Crippen LogP contribution in [-0.4, -0.2) is 35.6 Å². The number of hydrogen-bond donors (Lipinski definition) is 0. The van der Waals surface area contributed by atoms with Gasteiger partial charge in [-0.25, -0.2) is 0 Å². The van der Waals surface area contributed by atoms with E-state index in [9.17, 15) is 4.79 Å². The van der Waals surface area contributed by atoms with E-state index in [0.29, 0.717) is 13.1 Å². The van der Waals surface area contributed by atoms with Crippen LogP contribution in [0.1, 0.15) is 36.1 Å². The van der Waals surface area contributed by atoms with Gasteiger partial charge in [-0.2, -0.15) is 0 Å². The zero-order valence-electron chi connectivity index (χ0n) is 14.5. The maximum Gasteiger partial charge on any atom is 0.242 e.